The zero-order valence-electron chi connectivity index (χ0n) is 14.3. The molecule has 0 unspecified atom stereocenters. The highest BCUT2D eigenvalue weighted by atomic mass is 32.1. The zero-order chi connectivity index (χ0) is 17.1. The van der Waals surface area contributed by atoms with E-state index in [1.54, 1.807) is 24.8 Å². The number of thiophene rings is 1. The van der Waals surface area contributed by atoms with Crippen molar-refractivity contribution in [1.82, 2.24) is 9.97 Å². The Hall–Kier alpha value is -2.47. The van der Waals surface area contributed by atoms with E-state index in [2.05, 4.69) is 41.3 Å². The molecule has 0 saturated heterocycles. The Morgan fingerprint density at radius 3 is 2.62 bits per heavy atom. The number of fused-ring (bicyclic) bond motifs is 1. The molecule has 1 aromatic carbocycles. The fraction of sp³-hybridized carbons (Fsp3) is 0.278. The highest BCUT2D eigenvalue weighted by Gasteiger charge is 2.11. The predicted octanol–water partition coefficient (Wildman–Crippen LogP) is 4.54. The van der Waals surface area contributed by atoms with Crippen molar-refractivity contribution in [2.45, 2.75) is 27.2 Å². The van der Waals surface area contributed by atoms with E-state index < -0.39 is 0 Å². The lowest BCUT2D eigenvalue weighted by Crippen LogP contribution is -2.04. The summed E-state index contributed by atoms with van der Waals surface area (Å²) >= 11 is 1.68. The first-order valence-corrected chi connectivity index (χ1v) is 8.63. The van der Waals surface area contributed by atoms with Crippen LogP contribution in [0, 0.1) is 13.8 Å². The third-order valence-electron chi connectivity index (χ3n) is 4.02. The summed E-state index contributed by atoms with van der Waals surface area (Å²) in [6, 6.07) is 7.91. The number of ether oxygens (including phenoxy) is 1. The number of nitrogens with one attached hydrogen (secondary N) is 1. The summed E-state index contributed by atoms with van der Waals surface area (Å²) in [5.74, 6) is 1.59. The number of hydrogen-bond acceptors (Lipinski definition) is 6. The molecule has 0 fully saturated rings. The van der Waals surface area contributed by atoms with Crippen LogP contribution in [0.15, 0.2) is 35.7 Å². The van der Waals surface area contributed by atoms with Gasteiger partial charge in [0, 0.05) is 4.88 Å². The van der Waals surface area contributed by atoms with Crippen LogP contribution < -0.4 is 10.2 Å². The van der Waals surface area contributed by atoms with Gasteiger partial charge in [0.15, 0.2) is 5.82 Å². The lowest BCUT2D eigenvalue weighted by Gasteiger charge is -2.07. The Bertz CT molecular complexity index is 884. The molecule has 24 heavy (non-hydrogen) atoms. The quantitative estimate of drug-likeness (QED) is 0.547. The van der Waals surface area contributed by atoms with Gasteiger partial charge in [0.25, 0.3) is 0 Å². The summed E-state index contributed by atoms with van der Waals surface area (Å²) in [6.07, 6.45) is 2.39. The van der Waals surface area contributed by atoms with Gasteiger partial charge in [-0.15, -0.1) is 11.3 Å². The van der Waals surface area contributed by atoms with Crippen molar-refractivity contribution in [3.63, 3.8) is 0 Å². The van der Waals surface area contributed by atoms with Gasteiger partial charge in [-0.1, -0.05) is 6.92 Å². The number of methoxy groups -OCH3 is 1. The number of hydrogen-bond donors (Lipinski definition) is 1. The summed E-state index contributed by atoms with van der Waals surface area (Å²) in [4.78, 5) is 11.0. The molecule has 3 aromatic rings. The lowest BCUT2D eigenvalue weighted by molar-refractivity contribution is 0.415. The van der Waals surface area contributed by atoms with Gasteiger partial charge in [-0.2, -0.15) is 5.10 Å². The van der Waals surface area contributed by atoms with Crippen LogP contribution in [0.2, 0.25) is 0 Å². The topological polar surface area (TPSA) is 59.4 Å². The van der Waals surface area contributed by atoms with Crippen LogP contribution in [-0.2, 0) is 0 Å². The Morgan fingerprint density at radius 1 is 1.21 bits per heavy atom. The maximum Gasteiger partial charge on any atom is 0.158 e. The number of hydrazone groups is 1. The van der Waals surface area contributed by atoms with Crippen molar-refractivity contribution >= 4 is 33.1 Å². The SMILES string of the molecule is CC/C(=N/Nc1ncnc2sc(C)c(C)c12)c1ccc(OC)cc1. The highest BCUT2D eigenvalue weighted by Crippen LogP contribution is 2.32. The minimum absolute atomic E-state index is 0.751. The highest BCUT2D eigenvalue weighted by molar-refractivity contribution is 7.18. The molecule has 1 N–H and O–H groups in total. The number of anilines is 1. The Labute approximate surface area is 145 Å². The molecule has 6 heteroatoms. The summed E-state index contributed by atoms with van der Waals surface area (Å²) in [5.41, 5.74) is 6.37. The molecule has 0 spiro atoms. The maximum absolute atomic E-state index is 5.20. The van der Waals surface area contributed by atoms with Crippen LogP contribution in [0.25, 0.3) is 10.2 Å². The van der Waals surface area contributed by atoms with E-state index in [0.29, 0.717) is 0 Å². The van der Waals surface area contributed by atoms with E-state index in [0.717, 1.165) is 39.5 Å². The number of nitrogens with zero attached hydrogens (tertiary/aromatic N) is 3. The minimum Gasteiger partial charge on any atom is -0.497 e. The summed E-state index contributed by atoms with van der Waals surface area (Å²) in [6.45, 7) is 6.28. The fourth-order valence-corrected chi connectivity index (χ4v) is 3.52. The summed E-state index contributed by atoms with van der Waals surface area (Å²) in [7, 11) is 1.66. The summed E-state index contributed by atoms with van der Waals surface area (Å²) < 4.78 is 5.20. The maximum atomic E-state index is 5.20. The van der Waals surface area contributed by atoms with E-state index in [9.17, 15) is 0 Å². The third kappa shape index (κ3) is 3.10. The van der Waals surface area contributed by atoms with Crippen molar-refractivity contribution in [2.75, 3.05) is 12.5 Å². The van der Waals surface area contributed by atoms with Crippen molar-refractivity contribution in [3.05, 3.63) is 46.6 Å². The molecule has 0 aliphatic heterocycles. The largest absolute Gasteiger partial charge is 0.497 e. The Morgan fingerprint density at radius 2 is 1.96 bits per heavy atom. The molecule has 0 aliphatic carbocycles. The molecule has 0 amide bonds. The van der Waals surface area contributed by atoms with Gasteiger partial charge in [-0.05, 0) is 55.7 Å². The monoisotopic (exact) mass is 340 g/mol. The van der Waals surface area contributed by atoms with Crippen LogP contribution in [0.1, 0.15) is 29.3 Å². The number of aryl methyl sites for hydroxylation is 2. The van der Waals surface area contributed by atoms with Gasteiger partial charge in [0.2, 0.25) is 0 Å². The van der Waals surface area contributed by atoms with E-state index >= 15 is 0 Å². The molecule has 2 heterocycles. The standard InChI is InChI=1S/C18H20N4OS/c1-5-15(13-6-8-14(23-4)9-7-13)21-22-17-16-11(2)12(3)24-18(16)20-10-19-17/h6-10H,5H2,1-4H3,(H,19,20,22)/b21-15-. The summed E-state index contributed by atoms with van der Waals surface area (Å²) in [5, 5.41) is 5.63. The van der Waals surface area contributed by atoms with E-state index in [4.69, 9.17) is 4.74 Å². The molecule has 3 rings (SSSR count). The predicted molar refractivity (Wildman–Crippen MR) is 100 cm³/mol. The van der Waals surface area contributed by atoms with E-state index in [1.807, 2.05) is 24.3 Å². The second-order valence-electron chi connectivity index (χ2n) is 5.44. The van der Waals surface area contributed by atoms with Gasteiger partial charge in [-0.25, -0.2) is 9.97 Å². The first-order chi connectivity index (χ1) is 11.6. The Balaban J connectivity index is 1.93. The third-order valence-corrected chi connectivity index (χ3v) is 5.14. The fourth-order valence-electron chi connectivity index (χ4n) is 2.52. The van der Waals surface area contributed by atoms with Crippen LogP contribution in [-0.4, -0.2) is 22.8 Å². The van der Waals surface area contributed by atoms with Crippen molar-refractivity contribution in [3.8, 4) is 5.75 Å². The molecule has 0 saturated carbocycles. The van der Waals surface area contributed by atoms with Gasteiger partial charge < -0.3 is 4.74 Å². The smallest absolute Gasteiger partial charge is 0.158 e. The van der Waals surface area contributed by atoms with Crippen LogP contribution in [0.3, 0.4) is 0 Å². The second kappa shape index (κ2) is 6.97. The number of benzene rings is 1. The molecule has 5 nitrogen and oxygen atoms in total. The molecular formula is C18H20N4OS. The van der Waals surface area contributed by atoms with E-state index in [1.165, 1.54) is 10.4 Å². The lowest BCUT2D eigenvalue weighted by atomic mass is 10.1. The van der Waals surface area contributed by atoms with Gasteiger partial charge in [-0.3, -0.25) is 5.43 Å². The first kappa shape index (κ1) is 16.4. The molecule has 2 aromatic heterocycles. The van der Waals surface area contributed by atoms with Crippen molar-refractivity contribution in [1.29, 1.82) is 0 Å². The van der Waals surface area contributed by atoms with Crippen molar-refractivity contribution < 1.29 is 4.74 Å². The van der Waals surface area contributed by atoms with Gasteiger partial charge >= 0.3 is 0 Å². The van der Waals surface area contributed by atoms with Crippen LogP contribution in [0.5, 0.6) is 5.75 Å². The molecule has 0 bridgehead atoms. The molecule has 0 aliphatic rings. The zero-order valence-corrected chi connectivity index (χ0v) is 15.1. The number of rotatable bonds is 5. The second-order valence-corrected chi connectivity index (χ2v) is 6.64. The molecule has 0 atom stereocenters. The minimum atomic E-state index is 0.751. The molecule has 0 radical (unpaired) electrons. The van der Waals surface area contributed by atoms with Crippen LogP contribution in [0.4, 0.5) is 5.82 Å². The number of aromatic nitrogens is 2. The normalized spacial score (nSPS) is 11.8. The average Bonchev–Trinajstić information content (AvgIpc) is 2.91. The Kier molecular flexibility index (Phi) is 4.76. The van der Waals surface area contributed by atoms with E-state index in [-0.39, 0.29) is 0 Å². The van der Waals surface area contributed by atoms with Crippen molar-refractivity contribution in [2.24, 2.45) is 5.10 Å². The average molecular weight is 340 g/mol. The molecular weight excluding hydrogens is 320 g/mol. The van der Waals surface area contributed by atoms with Gasteiger partial charge in [0.05, 0.1) is 18.2 Å². The first-order valence-electron chi connectivity index (χ1n) is 7.81. The molecule has 124 valence electrons. The van der Waals surface area contributed by atoms with Gasteiger partial charge in [0.1, 0.15) is 16.9 Å². The van der Waals surface area contributed by atoms with Crippen LogP contribution >= 0.6 is 11.3 Å².